The Labute approximate surface area is 250 Å². The fraction of sp³-hybridized carbons (Fsp3) is 0.379. The average molecular weight is 594 g/mol. The van der Waals surface area contributed by atoms with Crippen molar-refractivity contribution in [1.82, 2.24) is 25.5 Å². The summed E-state index contributed by atoms with van der Waals surface area (Å²) in [6, 6.07) is 7.82. The Bertz CT molecular complexity index is 1400. The number of carbonyl (C=O) groups excluding carboxylic acids is 2. The number of nitrogens with zero attached hydrogens (tertiary/aromatic N) is 5. The number of ether oxygens (including phenoxy) is 1. The SMILES string of the molecule is C=N/C=C\C(=C/C)COc1ccc(CCC(=O)N2CCC3(CC2)CN=C(NC(=O)c2nc(Cl)c(N)nc2NC)N3)cc1. The van der Waals surface area contributed by atoms with Crippen molar-refractivity contribution in [2.24, 2.45) is 9.98 Å². The second kappa shape index (κ2) is 13.9. The Morgan fingerprint density at radius 3 is 2.67 bits per heavy atom. The van der Waals surface area contributed by atoms with Crippen LogP contribution in [0.5, 0.6) is 5.75 Å². The Morgan fingerprint density at radius 2 is 2.00 bits per heavy atom. The lowest BCUT2D eigenvalue weighted by atomic mass is 9.88. The minimum Gasteiger partial charge on any atom is -0.489 e. The molecule has 0 radical (unpaired) electrons. The molecule has 1 fully saturated rings. The number of amides is 2. The lowest BCUT2D eigenvalue weighted by Crippen LogP contribution is -2.57. The van der Waals surface area contributed by atoms with Crippen molar-refractivity contribution in [3.63, 3.8) is 0 Å². The number of anilines is 2. The van der Waals surface area contributed by atoms with Gasteiger partial charge >= 0.3 is 0 Å². The molecule has 0 unspecified atom stereocenters. The van der Waals surface area contributed by atoms with E-state index in [9.17, 15) is 9.59 Å². The molecule has 1 aromatic carbocycles. The Kier molecular flexibility index (Phi) is 10.1. The number of aryl methyl sites for hydroxylation is 1. The molecule has 3 heterocycles. The van der Waals surface area contributed by atoms with Crippen LogP contribution < -0.4 is 26.4 Å². The number of allylic oxidation sites excluding steroid dienone is 1. The number of benzene rings is 1. The van der Waals surface area contributed by atoms with Gasteiger partial charge in [-0.2, -0.15) is 0 Å². The van der Waals surface area contributed by atoms with E-state index in [1.807, 2.05) is 48.2 Å². The second-order valence-electron chi connectivity index (χ2n) is 10.0. The maximum atomic E-state index is 12.9. The molecule has 1 aromatic heterocycles. The number of halogens is 1. The van der Waals surface area contributed by atoms with Gasteiger partial charge in [-0.25, -0.2) is 9.97 Å². The highest BCUT2D eigenvalue weighted by Gasteiger charge is 2.40. The number of aromatic nitrogens is 2. The summed E-state index contributed by atoms with van der Waals surface area (Å²) in [5, 5.41) is 8.84. The third-order valence-electron chi connectivity index (χ3n) is 7.28. The maximum Gasteiger partial charge on any atom is 0.280 e. The van der Waals surface area contributed by atoms with Crippen molar-refractivity contribution in [2.75, 3.05) is 44.3 Å². The molecule has 0 bridgehead atoms. The molecule has 2 aliphatic rings. The van der Waals surface area contributed by atoms with Crippen LogP contribution in [0, 0.1) is 0 Å². The number of hydrogen-bond acceptors (Lipinski definition) is 10. The van der Waals surface area contributed by atoms with Crippen LogP contribution in [0.2, 0.25) is 5.15 Å². The van der Waals surface area contributed by atoms with Crippen LogP contribution in [0.25, 0.3) is 0 Å². The van der Waals surface area contributed by atoms with E-state index in [1.165, 1.54) is 0 Å². The number of nitrogens with two attached hydrogens (primary N) is 1. The third kappa shape index (κ3) is 7.64. The van der Waals surface area contributed by atoms with Crippen LogP contribution >= 0.6 is 11.6 Å². The average Bonchev–Trinajstić information content (AvgIpc) is 3.39. The van der Waals surface area contributed by atoms with Gasteiger partial charge in [0.05, 0.1) is 12.1 Å². The van der Waals surface area contributed by atoms with E-state index >= 15 is 0 Å². The van der Waals surface area contributed by atoms with Crippen LogP contribution in [0.15, 0.2) is 58.2 Å². The standard InChI is InChI=1S/C29H36ClN9O3/c1-4-19(11-14-32-2)17-42-21-8-5-20(6-9-21)7-10-22(40)39-15-12-29(13-16-39)18-34-28(38-29)37-27(41)23-26(33-3)36-25(31)24(30)35-23/h4-6,8-9,11,14H,2,7,10,12-13,15-18H2,1,3H3,(H3,31,33,36)(H2,34,37,38,41)/b14-11-,19-4+. The molecule has 0 aliphatic carbocycles. The van der Waals surface area contributed by atoms with Crippen molar-refractivity contribution < 1.29 is 14.3 Å². The molecule has 2 amide bonds. The first-order chi connectivity index (χ1) is 20.3. The molecule has 42 heavy (non-hydrogen) atoms. The minimum absolute atomic E-state index is 0.0157. The zero-order chi connectivity index (χ0) is 30.1. The third-order valence-corrected chi connectivity index (χ3v) is 7.56. The smallest absolute Gasteiger partial charge is 0.280 e. The molecule has 2 aliphatic heterocycles. The summed E-state index contributed by atoms with van der Waals surface area (Å²) in [5.41, 5.74) is 7.47. The lowest BCUT2D eigenvalue weighted by Gasteiger charge is -2.39. The molecule has 222 valence electrons. The molecule has 0 saturated carbocycles. The van der Waals surface area contributed by atoms with Crippen LogP contribution in [0.1, 0.15) is 42.2 Å². The molecular weight excluding hydrogens is 558 g/mol. The summed E-state index contributed by atoms with van der Waals surface area (Å²) in [6.45, 7) is 7.55. The molecule has 13 heteroatoms. The molecule has 1 saturated heterocycles. The van der Waals surface area contributed by atoms with Crippen molar-refractivity contribution >= 4 is 47.7 Å². The quantitative estimate of drug-likeness (QED) is 0.242. The van der Waals surface area contributed by atoms with Gasteiger partial charge in [0.1, 0.15) is 12.4 Å². The second-order valence-corrected chi connectivity index (χ2v) is 10.4. The van der Waals surface area contributed by atoms with E-state index in [-0.39, 0.29) is 33.9 Å². The highest BCUT2D eigenvalue weighted by molar-refractivity contribution is 6.31. The van der Waals surface area contributed by atoms with E-state index in [4.69, 9.17) is 22.1 Å². The molecular formula is C29H36ClN9O3. The number of nitrogens with one attached hydrogen (secondary N) is 3. The van der Waals surface area contributed by atoms with Gasteiger partial charge in [0, 0.05) is 32.8 Å². The van der Waals surface area contributed by atoms with Crippen molar-refractivity contribution in [3.8, 4) is 5.75 Å². The highest BCUT2D eigenvalue weighted by atomic mass is 35.5. The molecule has 1 spiro atoms. The zero-order valence-electron chi connectivity index (χ0n) is 23.8. The monoisotopic (exact) mass is 593 g/mol. The van der Waals surface area contributed by atoms with Gasteiger partial charge in [0.15, 0.2) is 28.4 Å². The van der Waals surface area contributed by atoms with Gasteiger partial charge in [-0.3, -0.25) is 24.9 Å². The first kappa shape index (κ1) is 30.5. The Morgan fingerprint density at radius 1 is 1.26 bits per heavy atom. The predicted molar refractivity (Wildman–Crippen MR) is 165 cm³/mol. The minimum atomic E-state index is -0.509. The summed E-state index contributed by atoms with van der Waals surface area (Å²) in [7, 11) is 1.61. The molecule has 12 nitrogen and oxygen atoms in total. The normalized spacial score (nSPS) is 16.2. The number of aliphatic imine (C=N–C) groups is 2. The summed E-state index contributed by atoms with van der Waals surface area (Å²) >= 11 is 5.96. The molecule has 4 rings (SSSR count). The van der Waals surface area contributed by atoms with Gasteiger partial charge in [0.25, 0.3) is 5.91 Å². The zero-order valence-corrected chi connectivity index (χ0v) is 24.6. The molecule has 5 N–H and O–H groups in total. The van der Waals surface area contributed by atoms with E-state index < -0.39 is 5.91 Å². The first-order valence-corrected chi connectivity index (χ1v) is 14.1. The summed E-state index contributed by atoms with van der Waals surface area (Å²) in [4.78, 5) is 44.0. The largest absolute Gasteiger partial charge is 0.489 e. The topological polar surface area (TPSA) is 159 Å². The van der Waals surface area contributed by atoms with E-state index in [0.29, 0.717) is 45.0 Å². The fourth-order valence-electron chi connectivity index (χ4n) is 4.73. The number of guanidine groups is 1. The Balaban J connectivity index is 1.21. The van der Waals surface area contributed by atoms with Crippen molar-refractivity contribution in [1.29, 1.82) is 0 Å². The van der Waals surface area contributed by atoms with Gasteiger partial charge in [-0.1, -0.05) is 29.8 Å². The molecule has 2 aromatic rings. The number of carbonyl (C=O) groups is 2. The summed E-state index contributed by atoms with van der Waals surface area (Å²) in [6.07, 6.45) is 7.97. The lowest BCUT2D eigenvalue weighted by molar-refractivity contribution is -0.132. The number of likely N-dealkylation sites (tertiary alicyclic amines) is 1. The highest BCUT2D eigenvalue weighted by Crippen LogP contribution is 2.27. The predicted octanol–water partition coefficient (Wildman–Crippen LogP) is 2.98. The van der Waals surface area contributed by atoms with E-state index in [0.717, 1.165) is 29.7 Å². The van der Waals surface area contributed by atoms with Crippen LogP contribution in [-0.4, -0.2) is 78.2 Å². The van der Waals surface area contributed by atoms with Gasteiger partial charge in [0.2, 0.25) is 5.91 Å². The van der Waals surface area contributed by atoms with Crippen LogP contribution in [0.3, 0.4) is 0 Å². The molecule has 0 atom stereocenters. The number of hydrogen-bond donors (Lipinski definition) is 4. The van der Waals surface area contributed by atoms with Crippen molar-refractivity contribution in [2.45, 2.75) is 38.1 Å². The van der Waals surface area contributed by atoms with Crippen LogP contribution in [0.4, 0.5) is 11.6 Å². The number of rotatable bonds is 10. The summed E-state index contributed by atoms with van der Waals surface area (Å²) in [5.74, 6) is 0.979. The Hall–Kier alpha value is -4.45. The van der Waals surface area contributed by atoms with Gasteiger partial charge in [-0.05, 0) is 62.2 Å². The van der Waals surface area contributed by atoms with Gasteiger partial charge in [-0.15, -0.1) is 0 Å². The van der Waals surface area contributed by atoms with Crippen molar-refractivity contribution in [3.05, 3.63) is 64.6 Å². The van der Waals surface area contributed by atoms with E-state index in [1.54, 1.807) is 13.2 Å². The summed E-state index contributed by atoms with van der Waals surface area (Å²) < 4.78 is 5.83. The first-order valence-electron chi connectivity index (χ1n) is 13.7. The fourth-order valence-corrected chi connectivity index (χ4v) is 4.86. The maximum absolute atomic E-state index is 12.9. The van der Waals surface area contributed by atoms with Crippen LogP contribution in [-0.2, 0) is 11.2 Å². The number of piperidine rings is 1. The number of nitrogen functional groups attached to an aromatic ring is 1. The van der Waals surface area contributed by atoms with E-state index in [2.05, 4.69) is 42.6 Å². The van der Waals surface area contributed by atoms with Gasteiger partial charge < -0.3 is 26.0 Å².